The summed E-state index contributed by atoms with van der Waals surface area (Å²) in [6.07, 6.45) is 0.239. The van der Waals surface area contributed by atoms with Gasteiger partial charge in [-0.25, -0.2) is 0 Å². The number of nitrogen functional groups attached to an aromatic ring is 1. The first-order valence-corrected chi connectivity index (χ1v) is 10.5. The third-order valence-corrected chi connectivity index (χ3v) is 5.18. The molecule has 0 unspecified atom stereocenters. The van der Waals surface area contributed by atoms with Crippen molar-refractivity contribution in [2.24, 2.45) is 5.73 Å². The second-order valence-corrected chi connectivity index (χ2v) is 7.56. The zero-order valence-electron chi connectivity index (χ0n) is 17.8. The zero-order chi connectivity index (χ0) is 23.2. The Morgan fingerprint density at radius 1 is 0.879 bits per heavy atom. The number of hydrogen-bond acceptors (Lipinski definition) is 7. The number of aromatic nitrogens is 3. The minimum atomic E-state index is -1.03. The molecule has 0 spiro atoms. The molecule has 4 rings (SSSR count). The van der Waals surface area contributed by atoms with Crippen LogP contribution in [-0.4, -0.2) is 32.1 Å². The first-order valence-electron chi connectivity index (χ1n) is 10.5. The van der Waals surface area contributed by atoms with E-state index in [4.69, 9.17) is 16.6 Å². The average Bonchev–Trinajstić information content (AvgIpc) is 2.83. The molecule has 1 atom stereocenters. The number of carboxylic acids is 1. The first kappa shape index (κ1) is 21.9. The quantitative estimate of drug-likeness (QED) is 0.327. The van der Waals surface area contributed by atoms with E-state index in [1.807, 2.05) is 42.5 Å². The van der Waals surface area contributed by atoms with Gasteiger partial charge in [0.15, 0.2) is 5.82 Å². The van der Waals surface area contributed by atoms with E-state index < -0.39 is 12.0 Å². The van der Waals surface area contributed by atoms with Crippen LogP contribution in [0.4, 0.5) is 11.9 Å². The molecule has 1 heterocycles. The lowest BCUT2D eigenvalue weighted by Crippen LogP contribution is -2.32. The number of rotatable bonds is 8. The summed E-state index contributed by atoms with van der Waals surface area (Å²) in [4.78, 5) is 23.9. The highest BCUT2D eigenvalue weighted by molar-refractivity contribution is 5.73. The predicted octanol–water partition coefficient (Wildman–Crippen LogP) is 3.35. The van der Waals surface area contributed by atoms with Crippen LogP contribution in [0.15, 0.2) is 78.9 Å². The summed E-state index contributed by atoms with van der Waals surface area (Å²) in [5, 5.41) is 12.2. The van der Waals surface area contributed by atoms with Gasteiger partial charge < -0.3 is 21.9 Å². The fraction of sp³-hybridized carbons (Fsp3) is 0.120. The van der Waals surface area contributed by atoms with Gasteiger partial charge in [0.1, 0.15) is 6.04 Å². The van der Waals surface area contributed by atoms with E-state index in [1.165, 1.54) is 0 Å². The zero-order valence-corrected chi connectivity index (χ0v) is 17.8. The second-order valence-electron chi connectivity index (χ2n) is 7.56. The summed E-state index contributed by atoms with van der Waals surface area (Å²) in [5.74, 6) is -0.127. The molecule has 4 aromatic rings. The number of nitrogens with one attached hydrogen (secondary N) is 1. The summed E-state index contributed by atoms with van der Waals surface area (Å²) in [6, 6.07) is 24.6. The highest BCUT2D eigenvalue weighted by atomic mass is 16.4. The van der Waals surface area contributed by atoms with Crippen LogP contribution in [0.1, 0.15) is 11.1 Å². The van der Waals surface area contributed by atoms with Gasteiger partial charge in [0.05, 0.1) is 0 Å². The van der Waals surface area contributed by atoms with Gasteiger partial charge in [-0.2, -0.15) is 15.0 Å². The van der Waals surface area contributed by atoms with Crippen molar-refractivity contribution >= 4 is 17.9 Å². The molecule has 0 aliphatic carbocycles. The Hall–Kier alpha value is -4.30. The Bertz CT molecular complexity index is 1250. The maximum Gasteiger partial charge on any atom is 0.320 e. The van der Waals surface area contributed by atoms with E-state index >= 15 is 0 Å². The molecule has 8 nitrogen and oxygen atoms in total. The Morgan fingerprint density at radius 2 is 1.58 bits per heavy atom. The van der Waals surface area contributed by atoms with Crippen molar-refractivity contribution in [3.05, 3.63) is 90.0 Å². The van der Waals surface area contributed by atoms with Crippen LogP contribution in [0, 0.1) is 0 Å². The van der Waals surface area contributed by atoms with Gasteiger partial charge in [0, 0.05) is 12.1 Å². The number of carbonyl (C=O) groups is 1. The molecule has 1 aromatic heterocycles. The molecule has 0 radical (unpaired) electrons. The maximum absolute atomic E-state index is 11.0. The molecule has 0 fully saturated rings. The topological polar surface area (TPSA) is 140 Å². The lowest BCUT2D eigenvalue weighted by molar-refractivity contribution is -0.138. The van der Waals surface area contributed by atoms with Crippen LogP contribution in [0.2, 0.25) is 0 Å². The van der Waals surface area contributed by atoms with Gasteiger partial charge in [-0.05, 0) is 28.7 Å². The van der Waals surface area contributed by atoms with E-state index in [1.54, 1.807) is 12.1 Å². The first-order chi connectivity index (χ1) is 16.0. The normalized spacial score (nSPS) is 11.7. The van der Waals surface area contributed by atoms with E-state index in [0.29, 0.717) is 18.3 Å². The largest absolute Gasteiger partial charge is 0.480 e. The Kier molecular flexibility index (Phi) is 6.56. The maximum atomic E-state index is 11.0. The Balaban J connectivity index is 1.52. The summed E-state index contributed by atoms with van der Waals surface area (Å²) < 4.78 is 0. The van der Waals surface area contributed by atoms with E-state index in [9.17, 15) is 4.79 Å². The fourth-order valence-electron chi connectivity index (χ4n) is 3.48. The molecule has 0 saturated carbocycles. The van der Waals surface area contributed by atoms with Crippen molar-refractivity contribution < 1.29 is 9.90 Å². The van der Waals surface area contributed by atoms with Gasteiger partial charge in [-0.15, -0.1) is 0 Å². The molecule has 0 bridgehead atoms. The third kappa shape index (κ3) is 5.50. The van der Waals surface area contributed by atoms with Crippen molar-refractivity contribution in [3.8, 4) is 22.5 Å². The van der Waals surface area contributed by atoms with Crippen LogP contribution in [-0.2, 0) is 17.8 Å². The number of aliphatic carboxylic acids is 1. The van der Waals surface area contributed by atoms with Crippen LogP contribution < -0.4 is 16.8 Å². The standard InChI is InChI=1S/C25H24N6O2/c26-21(23(32)33)14-16-10-12-18(13-11-16)22-29-24(27)31-25(30-22)28-15-19-8-4-5-9-20(19)17-6-2-1-3-7-17/h1-13,21H,14-15,26H2,(H,32,33)(H3,27,28,29,30,31)/t21-/m0/s1. The minimum Gasteiger partial charge on any atom is -0.480 e. The van der Waals surface area contributed by atoms with Crippen molar-refractivity contribution in [2.45, 2.75) is 19.0 Å². The summed E-state index contributed by atoms with van der Waals surface area (Å²) in [6.45, 7) is 0.514. The molecular formula is C25H24N6O2. The van der Waals surface area contributed by atoms with E-state index in [-0.39, 0.29) is 12.4 Å². The van der Waals surface area contributed by atoms with Gasteiger partial charge in [0.25, 0.3) is 0 Å². The average molecular weight is 441 g/mol. The lowest BCUT2D eigenvalue weighted by atomic mass is 10.00. The fourth-order valence-corrected chi connectivity index (χ4v) is 3.48. The molecule has 0 aliphatic rings. The minimum absolute atomic E-state index is 0.107. The Labute approximate surface area is 191 Å². The number of benzene rings is 3. The number of anilines is 2. The monoisotopic (exact) mass is 440 g/mol. The molecule has 166 valence electrons. The van der Waals surface area contributed by atoms with Gasteiger partial charge >= 0.3 is 5.97 Å². The van der Waals surface area contributed by atoms with E-state index in [2.05, 4.69) is 44.5 Å². The smallest absolute Gasteiger partial charge is 0.320 e. The highest BCUT2D eigenvalue weighted by Gasteiger charge is 2.13. The van der Waals surface area contributed by atoms with Crippen molar-refractivity contribution in [3.63, 3.8) is 0 Å². The molecule has 6 N–H and O–H groups in total. The van der Waals surface area contributed by atoms with Crippen LogP contribution in [0.5, 0.6) is 0 Å². The van der Waals surface area contributed by atoms with Gasteiger partial charge in [-0.1, -0.05) is 78.9 Å². The summed E-state index contributed by atoms with van der Waals surface area (Å²) in [5.41, 5.74) is 16.5. The van der Waals surface area contributed by atoms with E-state index in [0.717, 1.165) is 27.8 Å². The molecule has 0 aliphatic heterocycles. The predicted molar refractivity (Wildman–Crippen MR) is 128 cm³/mol. The number of nitrogens with zero attached hydrogens (tertiary/aromatic N) is 3. The molecule has 3 aromatic carbocycles. The lowest BCUT2D eigenvalue weighted by Gasteiger charge is -2.12. The number of nitrogens with two attached hydrogens (primary N) is 2. The van der Waals surface area contributed by atoms with Gasteiger partial charge in [0.2, 0.25) is 11.9 Å². The Morgan fingerprint density at radius 3 is 2.30 bits per heavy atom. The molecule has 0 saturated heterocycles. The van der Waals surface area contributed by atoms with Crippen LogP contribution in [0.3, 0.4) is 0 Å². The van der Waals surface area contributed by atoms with Crippen molar-refractivity contribution in [2.75, 3.05) is 11.1 Å². The van der Waals surface area contributed by atoms with Crippen LogP contribution in [0.25, 0.3) is 22.5 Å². The number of hydrogen-bond donors (Lipinski definition) is 4. The summed E-state index contributed by atoms with van der Waals surface area (Å²) >= 11 is 0. The van der Waals surface area contributed by atoms with Crippen molar-refractivity contribution in [1.82, 2.24) is 15.0 Å². The third-order valence-electron chi connectivity index (χ3n) is 5.18. The van der Waals surface area contributed by atoms with Crippen molar-refractivity contribution in [1.29, 1.82) is 0 Å². The molecular weight excluding hydrogens is 416 g/mol. The van der Waals surface area contributed by atoms with Gasteiger partial charge in [-0.3, -0.25) is 4.79 Å². The molecule has 8 heteroatoms. The molecule has 0 amide bonds. The number of carboxylic acid groups (broad SMARTS) is 1. The van der Waals surface area contributed by atoms with Crippen LogP contribution >= 0.6 is 0 Å². The summed E-state index contributed by atoms with van der Waals surface area (Å²) in [7, 11) is 0. The molecule has 33 heavy (non-hydrogen) atoms. The SMILES string of the molecule is Nc1nc(NCc2ccccc2-c2ccccc2)nc(-c2ccc(C[C@H](N)C(=O)O)cc2)n1. The second kappa shape index (κ2) is 9.88. The highest BCUT2D eigenvalue weighted by Crippen LogP contribution is 2.24.